The van der Waals surface area contributed by atoms with E-state index in [1.165, 1.54) is 0 Å². The third-order valence-electron chi connectivity index (χ3n) is 2.10. The van der Waals surface area contributed by atoms with Crippen LogP contribution in [0.3, 0.4) is 0 Å². The number of hydrogen-bond donors (Lipinski definition) is 1. The van der Waals surface area contributed by atoms with Gasteiger partial charge in [0.1, 0.15) is 0 Å². The van der Waals surface area contributed by atoms with Crippen molar-refractivity contribution in [1.29, 1.82) is 0 Å². The lowest BCUT2D eigenvalue weighted by Gasteiger charge is -1.98. The molecule has 2 heterocycles. The molecule has 0 aliphatic carbocycles. The van der Waals surface area contributed by atoms with Crippen LogP contribution in [0.4, 0.5) is 5.95 Å². The predicted molar refractivity (Wildman–Crippen MR) is 69.5 cm³/mol. The van der Waals surface area contributed by atoms with Crippen molar-refractivity contribution >= 4 is 35.0 Å². The second kappa shape index (κ2) is 5.41. The normalized spacial score (nSPS) is 10.9. The highest BCUT2D eigenvalue weighted by Crippen LogP contribution is 2.11. The lowest BCUT2D eigenvalue weighted by Crippen LogP contribution is -2.04. The first-order chi connectivity index (χ1) is 7.79. The second-order valence-electron chi connectivity index (χ2n) is 3.36. The number of anilines is 1. The van der Waals surface area contributed by atoms with Crippen molar-refractivity contribution in [3.8, 4) is 0 Å². The maximum atomic E-state index is 5.86. The molecule has 0 aromatic carbocycles. The highest BCUT2D eigenvalue weighted by Gasteiger charge is 2.02. The van der Waals surface area contributed by atoms with E-state index >= 15 is 0 Å². The second-order valence-corrected chi connectivity index (χ2v) is 4.78. The van der Waals surface area contributed by atoms with Crippen LogP contribution in [0, 0.1) is 0 Å². The van der Waals surface area contributed by atoms with Gasteiger partial charge in [-0.3, -0.25) is 0 Å². The predicted octanol–water partition coefficient (Wildman–Crippen LogP) is 2.55. The molecule has 1 N–H and O–H groups in total. The number of fused-ring (bicyclic) bond motifs is 1. The van der Waals surface area contributed by atoms with Gasteiger partial charge in [0, 0.05) is 12.7 Å². The average Bonchev–Trinajstić information content (AvgIpc) is 2.66. The molecule has 0 amide bonds. The zero-order valence-electron chi connectivity index (χ0n) is 8.98. The van der Waals surface area contributed by atoms with Gasteiger partial charge >= 0.3 is 0 Å². The molecule has 0 aliphatic rings. The molecule has 2 aromatic rings. The number of halogens is 1. The Labute approximate surface area is 103 Å². The summed E-state index contributed by atoms with van der Waals surface area (Å²) in [6.45, 7) is 0.894. The Morgan fingerprint density at radius 1 is 1.50 bits per heavy atom. The van der Waals surface area contributed by atoms with Gasteiger partial charge in [0.05, 0.1) is 5.02 Å². The lowest BCUT2D eigenvalue weighted by atomic mass is 10.5. The largest absolute Gasteiger partial charge is 0.353 e. The molecule has 0 saturated carbocycles. The van der Waals surface area contributed by atoms with Crippen LogP contribution in [-0.4, -0.2) is 33.2 Å². The number of nitrogens with one attached hydrogen (secondary N) is 1. The van der Waals surface area contributed by atoms with Crippen LogP contribution in [0.1, 0.15) is 6.42 Å². The summed E-state index contributed by atoms with van der Waals surface area (Å²) in [7, 11) is 0. The minimum absolute atomic E-state index is 0.656. The molecule has 0 fully saturated rings. The molecule has 4 nitrogen and oxygen atoms in total. The van der Waals surface area contributed by atoms with Gasteiger partial charge in [0.2, 0.25) is 5.95 Å². The van der Waals surface area contributed by atoms with E-state index in [1.807, 2.05) is 23.9 Å². The van der Waals surface area contributed by atoms with Crippen LogP contribution >= 0.6 is 23.4 Å². The summed E-state index contributed by atoms with van der Waals surface area (Å²) in [5.74, 6) is 1.80. The van der Waals surface area contributed by atoms with E-state index < -0.39 is 0 Å². The molecule has 0 saturated heterocycles. The van der Waals surface area contributed by atoms with Gasteiger partial charge < -0.3 is 5.32 Å². The van der Waals surface area contributed by atoms with Gasteiger partial charge in [0.15, 0.2) is 5.65 Å². The summed E-state index contributed by atoms with van der Waals surface area (Å²) in [5, 5.41) is 8.12. The fourth-order valence-corrected chi connectivity index (χ4v) is 1.94. The zero-order chi connectivity index (χ0) is 11.4. The number of rotatable bonds is 5. The van der Waals surface area contributed by atoms with Gasteiger partial charge in [-0.05, 0) is 30.6 Å². The number of aromatic nitrogens is 3. The summed E-state index contributed by atoms with van der Waals surface area (Å²) in [6, 6.07) is 3.66. The third-order valence-corrected chi connectivity index (χ3v) is 3.02. The molecular weight excluding hydrogens is 244 g/mol. The fraction of sp³-hybridized carbons (Fsp3) is 0.400. The highest BCUT2D eigenvalue weighted by atomic mass is 35.5. The molecule has 0 bridgehead atoms. The number of pyridine rings is 1. The van der Waals surface area contributed by atoms with E-state index in [-0.39, 0.29) is 0 Å². The zero-order valence-corrected chi connectivity index (χ0v) is 10.6. The third kappa shape index (κ3) is 2.80. The maximum Gasteiger partial charge on any atom is 0.243 e. The molecule has 16 heavy (non-hydrogen) atoms. The molecular formula is C10H13ClN4S. The number of nitrogens with zero attached hydrogens (tertiary/aromatic N) is 3. The van der Waals surface area contributed by atoms with Gasteiger partial charge in [-0.2, -0.15) is 16.7 Å². The van der Waals surface area contributed by atoms with E-state index in [4.69, 9.17) is 11.6 Å². The Hall–Kier alpha value is -0.940. The Morgan fingerprint density at radius 3 is 3.19 bits per heavy atom. The monoisotopic (exact) mass is 256 g/mol. The first-order valence-electron chi connectivity index (χ1n) is 5.04. The van der Waals surface area contributed by atoms with E-state index in [0.717, 1.165) is 24.4 Å². The van der Waals surface area contributed by atoms with E-state index in [9.17, 15) is 0 Å². The summed E-state index contributed by atoms with van der Waals surface area (Å²) in [4.78, 5) is 4.33. The van der Waals surface area contributed by atoms with E-state index in [1.54, 1.807) is 10.7 Å². The van der Waals surface area contributed by atoms with Gasteiger partial charge in [-0.15, -0.1) is 5.10 Å². The SMILES string of the molecule is CSCCCNc1nc2ccc(Cl)cn2n1. The molecule has 6 heteroatoms. The molecule has 2 aromatic heterocycles. The van der Waals surface area contributed by atoms with Gasteiger partial charge in [-0.25, -0.2) is 4.52 Å². The average molecular weight is 257 g/mol. The molecule has 86 valence electrons. The Balaban J connectivity index is 2.02. The molecule has 0 atom stereocenters. The maximum absolute atomic E-state index is 5.86. The number of hydrogen-bond acceptors (Lipinski definition) is 4. The lowest BCUT2D eigenvalue weighted by molar-refractivity contribution is 0.929. The Morgan fingerprint density at radius 2 is 2.38 bits per heavy atom. The summed E-state index contributed by atoms with van der Waals surface area (Å²) < 4.78 is 1.68. The van der Waals surface area contributed by atoms with Crippen molar-refractivity contribution in [3.63, 3.8) is 0 Å². The molecule has 0 radical (unpaired) electrons. The van der Waals surface area contributed by atoms with Crippen molar-refractivity contribution in [1.82, 2.24) is 14.6 Å². The summed E-state index contributed by atoms with van der Waals surface area (Å²) in [5.41, 5.74) is 0.803. The van der Waals surface area contributed by atoms with Crippen molar-refractivity contribution in [2.24, 2.45) is 0 Å². The van der Waals surface area contributed by atoms with Gasteiger partial charge in [0.25, 0.3) is 0 Å². The van der Waals surface area contributed by atoms with Crippen molar-refractivity contribution in [2.45, 2.75) is 6.42 Å². The fourth-order valence-electron chi connectivity index (χ4n) is 1.35. The summed E-state index contributed by atoms with van der Waals surface area (Å²) >= 11 is 7.70. The van der Waals surface area contributed by atoms with Gasteiger partial charge in [-0.1, -0.05) is 11.6 Å². The quantitative estimate of drug-likeness (QED) is 0.835. The molecule has 0 unspecified atom stereocenters. The van der Waals surface area contributed by atoms with Crippen molar-refractivity contribution < 1.29 is 0 Å². The minimum atomic E-state index is 0.656. The summed E-state index contributed by atoms with van der Waals surface area (Å²) in [6.07, 6.45) is 4.96. The first-order valence-corrected chi connectivity index (χ1v) is 6.81. The Kier molecular flexibility index (Phi) is 3.90. The topological polar surface area (TPSA) is 42.2 Å². The minimum Gasteiger partial charge on any atom is -0.353 e. The van der Waals surface area contributed by atoms with E-state index in [2.05, 4.69) is 21.7 Å². The van der Waals surface area contributed by atoms with Crippen LogP contribution < -0.4 is 5.32 Å². The first kappa shape index (κ1) is 11.5. The van der Waals surface area contributed by atoms with Crippen molar-refractivity contribution in [2.75, 3.05) is 23.9 Å². The van der Waals surface area contributed by atoms with Crippen LogP contribution in [0.2, 0.25) is 5.02 Å². The molecule has 0 spiro atoms. The van der Waals surface area contributed by atoms with Crippen LogP contribution in [-0.2, 0) is 0 Å². The smallest absolute Gasteiger partial charge is 0.243 e. The highest BCUT2D eigenvalue weighted by molar-refractivity contribution is 7.98. The number of thioether (sulfide) groups is 1. The standard InChI is InChI=1S/C10H13ClN4S/c1-16-6-2-5-12-10-13-9-4-3-8(11)7-15(9)14-10/h3-4,7H,2,5-6H2,1H3,(H,12,14). The van der Waals surface area contributed by atoms with Crippen molar-refractivity contribution in [3.05, 3.63) is 23.4 Å². The Bertz CT molecular complexity index is 471. The van der Waals surface area contributed by atoms with Crippen LogP contribution in [0.15, 0.2) is 18.3 Å². The molecule has 0 aliphatic heterocycles. The molecule has 2 rings (SSSR count). The van der Waals surface area contributed by atoms with Crippen LogP contribution in [0.25, 0.3) is 5.65 Å². The van der Waals surface area contributed by atoms with Crippen LogP contribution in [0.5, 0.6) is 0 Å². The van der Waals surface area contributed by atoms with E-state index in [0.29, 0.717) is 11.0 Å².